The second kappa shape index (κ2) is 9.30. The highest BCUT2D eigenvalue weighted by molar-refractivity contribution is 7.11. The lowest BCUT2D eigenvalue weighted by molar-refractivity contribution is 0.593. The van der Waals surface area contributed by atoms with E-state index in [0.29, 0.717) is 6.04 Å². The van der Waals surface area contributed by atoms with E-state index in [1.807, 2.05) is 6.20 Å². The Labute approximate surface area is 143 Å². The molecule has 0 bridgehead atoms. The van der Waals surface area contributed by atoms with Crippen molar-refractivity contribution in [1.82, 2.24) is 15.6 Å². The van der Waals surface area contributed by atoms with Crippen LogP contribution in [0, 0.1) is 0 Å². The first-order chi connectivity index (χ1) is 11.2. The molecule has 0 aliphatic heterocycles. The lowest BCUT2D eigenvalue weighted by Gasteiger charge is -2.17. The first-order valence-electron chi connectivity index (χ1n) is 8.16. The van der Waals surface area contributed by atoms with Gasteiger partial charge in [0, 0.05) is 24.2 Å². The molecule has 0 saturated carbocycles. The van der Waals surface area contributed by atoms with E-state index in [-0.39, 0.29) is 0 Å². The quantitative estimate of drug-likeness (QED) is 0.604. The number of guanidine groups is 1. The summed E-state index contributed by atoms with van der Waals surface area (Å²) in [6.45, 7) is 5.06. The van der Waals surface area contributed by atoms with Gasteiger partial charge in [-0.15, -0.1) is 11.3 Å². The Balaban J connectivity index is 1.75. The third-order valence-electron chi connectivity index (χ3n) is 3.67. The zero-order valence-electron chi connectivity index (χ0n) is 14.2. The Bertz CT molecular complexity index is 606. The molecule has 2 rings (SSSR count). The molecule has 124 valence electrons. The Morgan fingerprint density at radius 3 is 2.74 bits per heavy atom. The number of thiazole rings is 1. The van der Waals surface area contributed by atoms with Crippen molar-refractivity contribution in [1.29, 1.82) is 0 Å². The van der Waals surface area contributed by atoms with Crippen molar-refractivity contribution in [3.8, 4) is 0 Å². The molecule has 0 amide bonds. The highest BCUT2D eigenvalue weighted by Crippen LogP contribution is 2.12. The smallest absolute Gasteiger partial charge is 0.191 e. The van der Waals surface area contributed by atoms with Gasteiger partial charge < -0.3 is 10.6 Å². The van der Waals surface area contributed by atoms with Crippen LogP contribution in [-0.2, 0) is 19.4 Å². The van der Waals surface area contributed by atoms with Crippen molar-refractivity contribution in [2.75, 3.05) is 7.05 Å². The number of rotatable bonds is 7. The number of nitrogens with one attached hydrogen (secondary N) is 2. The van der Waals surface area contributed by atoms with Crippen molar-refractivity contribution in [2.45, 2.75) is 45.7 Å². The zero-order chi connectivity index (χ0) is 16.5. The van der Waals surface area contributed by atoms with Crippen molar-refractivity contribution in [3.05, 3.63) is 52.0 Å². The van der Waals surface area contributed by atoms with Gasteiger partial charge >= 0.3 is 0 Å². The number of aryl methyl sites for hydroxylation is 2. The molecule has 0 fully saturated rings. The molecule has 1 heterocycles. The minimum Gasteiger partial charge on any atom is -0.354 e. The normalized spacial score (nSPS) is 12.9. The maximum absolute atomic E-state index is 4.42. The summed E-state index contributed by atoms with van der Waals surface area (Å²) in [5.74, 6) is 0.832. The van der Waals surface area contributed by atoms with Gasteiger partial charge in [-0.1, -0.05) is 37.3 Å². The van der Waals surface area contributed by atoms with E-state index in [9.17, 15) is 0 Å². The maximum atomic E-state index is 4.42. The Morgan fingerprint density at radius 2 is 2.09 bits per heavy atom. The maximum Gasteiger partial charge on any atom is 0.191 e. The number of hydrogen-bond donors (Lipinski definition) is 2. The number of benzene rings is 1. The van der Waals surface area contributed by atoms with Crippen LogP contribution in [0.25, 0.3) is 0 Å². The highest BCUT2D eigenvalue weighted by Gasteiger charge is 2.07. The summed E-state index contributed by atoms with van der Waals surface area (Å²) in [7, 11) is 1.80. The molecular weight excluding hydrogens is 304 g/mol. The molecule has 5 heteroatoms. The average molecular weight is 331 g/mol. The average Bonchev–Trinajstić information content (AvgIpc) is 3.05. The topological polar surface area (TPSA) is 49.3 Å². The number of hydrogen-bond acceptors (Lipinski definition) is 3. The Morgan fingerprint density at radius 1 is 1.30 bits per heavy atom. The van der Waals surface area contributed by atoms with Crippen LogP contribution in [0.2, 0.25) is 0 Å². The fraction of sp³-hybridized carbons (Fsp3) is 0.444. The predicted molar refractivity (Wildman–Crippen MR) is 99.1 cm³/mol. The van der Waals surface area contributed by atoms with E-state index in [2.05, 4.69) is 64.8 Å². The summed E-state index contributed by atoms with van der Waals surface area (Å²) < 4.78 is 0. The van der Waals surface area contributed by atoms with Crippen LogP contribution >= 0.6 is 11.3 Å². The molecule has 4 nitrogen and oxygen atoms in total. The van der Waals surface area contributed by atoms with Crippen LogP contribution in [0.3, 0.4) is 0 Å². The van der Waals surface area contributed by atoms with Gasteiger partial charge in [-0.25, -0.2) is 4.98 Å². The van der Waals surface area contributed by atoms with Crippen LogP contribution in [0.5, 0.6) is 0 Å². The van der Waals surface area contributed by atoms with Gasteiger partial charge in [0.15, 0.2) is 5.96 Å². The van der Waals surface area contributed by atoms with Crippen LogP contribution in [0.4, 0.5) is 0 Å². The fourth-order valence-corrected chi connectivity index (χ4v) is 3.08. The number of aliphatic imine (C=N–C) groups is 1. The molecule has 0 aliphatic rings. The summed E-state index contributed by atoms with van der Waals surface area (Å²) in [4.78, 5) is 10.0. The van der Waals surface area contributed by atoms with E-state index in [0.717, 1.165) is 36.8 Å². The SMILES string of the molecule is CCc1cnc(CNC(=NC)NC(C)CCc2ccccc2)s1. The molecule has 2 aromatic rings. The molecule has 0 spiro atoms. The van der Waals surface area contributed by atoms with E-state index in [4.69, 9.17) is 0 Å². The predicted octanol–water partition coefficient (Wildman–Crippen LogP) is 3.39. The molecule has 1 aromatic carbocycles. The van der Waals surface area contributed by atoms with Gasteiger partial charge in [-0.3, -0.25) is 4.99 Å². The molecule has 1 aromatic heterocycles. The van der Waals surface area contributed by atoms with Crippen LogP contribution in [0.15, 0.2) is 41.5 Å². The minimum absolute atomic E-state index is 0.365. The lowest BCUT2D eigenvalue weighted by Crippen LogP contribution is -2.42. The van der Waals surface area contributed by atoms with E-state index in [1.54, 1.807) is 18.4 Å². The molecule has 0 aliphatic carbocycles. The monoisotopic (exact) mass is 330 g/mol. The third kappa shape index (κ3) is 6.02. The lowest BCUT2D eigenvalue weighted by atomic mass is 10.1. The van der Waals surface area contributed by atoms with Gasteiger partial charge in [0.2, 0.25) is 0 Å². The van der Waals surface area contributed by atoms with E-state index < -0.39 is 0 Å². The van der Waals surface area contributed by atoms with Crippen molar-refractivity contribution >= 4 is 17.3 Å². The van der Waals surface area contributed by atoms with Crippen molar-refractivity contribution in [3.63, 3.8) is 0 Å². The van der Waals surface area contributed by atoms with Gasteiger partial charge in [0.25, 0.3) is 0 Å². The summed E-state index contributed by atoms with van der Waals surface area (Å²) >= 11 is 1.76. The summed E-state index contributed by atoms with van der Waals surface area (Å²) in [5.41, 5.74) is 1.37. The van der Waals surface area contributed by atoms with Crippen LogP contribution < -0.4 is 10.6 Å². The van der Waals surface area contributed by atoms with Crippen LogP contribution in [0.1, 0.15) is 35.7 Å². The van der Waals surface area contributed by atoms with E-state index >= 15 is 0 Å². The van der Waals surface area contributed by atoms with Gasteiger partial charge in [0.05, 0.1) is 6.54 Å². The summed E-state index contributed by atoms with van der Waals surface area (Å²) in [6, 6.07) is 10.9. The van der Waals surface area contributed by atoms with Crippen molar-refractivity contribution < 1.29 is 0 Å². The molecule has 0 saturated heterocycles. The molecule has 0 radical (unpaired) electrons. The molecule has 1 atom stereocenters. The fourth-order valence-electron chi connectivity index (χ4n) is 2.28. The molecule has 2 N–H and O–H groups in total. The molecule has 23 heavy (non-hydrogen) atoms. The first-order valence-corrected chi connectivity index (χ1v) is 8.97. The third-order valence-corrected chi connectivity index (χ3v) is 4.81. The van der Waals surface area contributed by atoms with E-state index in [1.165, 1.54) is 10.4 Å². The number of aromatic nitrogens is 1. The summed E-state index contributed by atoms with van der Waals surface area (Å²) in [6.07, 6.45) is 5.14. The van der Waals surface area contributed by atoms with Gasteiger partial charge in [-0.05, 0) is 31.7 Å². The van der Waals surface area contributed by atoms with Crippen LogP contribution in [-0.4, -0.2) is 24.0 Å². The van der Waals surface area contributed by atoms with Gasteiger partial charge in [-0.2, -0.15) is 0 Å². The number of nitrogens with zero attached hydrogens (tertiary/aromatic N) is 2. The second-order valence-electron chi connectivity index (χ2n) is 5.57. The first kappa shape index (κ1) is 17.5. The Hall–Kier alpha value is -1.88. The zero-order valence-corrected chi connectivity index (χ0v) is 15.0. The Kier molecular flexibility index (Phi) is 7.07. The molecule has 1 unspecified atom stereocenters. The van der Waals surface area contributed by atoms with Crippen molar-refractivity contribution in [2.24, 2.45) is 4.99 Å². The minimum atomic E-state index is 0.365. The van der Waals surface area contributed by atoms with Gasteiger partial charge in [0.1, 0.15) is 5.01 Å². The standard InChI is InChI=1S/C18H26N4S/c1-4-16-12-20-17(23-16)13-21-18(19-3)22-14(2)10-11-15-8-6-5-7-9-15/h5-9,12,14H,4,10-11,13H2,1-3H3,(H2,19,21,22). The second-order valence-corrected chi connectivity index (χ2v) is 6.77. The molecular formula is C18H26N4S. The highest BCUT2D eigenvalue weighted by atomic mass is 32.1. The summed E-state index contributed by atoms with van der Waals surface area (Å²) in [5, 5.41) is 7.88. The largest absolute Gasteiger partial charge is 0.354 e.